The predicted octanol–water partition coefficient (Wildman–Crippen LogP) is 2.88. The zero-order valence-electron chi connectivity index (χ0n) is 10.5. The minimum atomic E-state index is -0.154. The molecular formula is C15H14N2OS. The van der Waals surface area contributed by atoms with Crippen molar-refractivity contribution in [1.29, 1.82) is 0 Å². The third-order valence-corrected chi connectivity index (χ3v) is 2.98. The van der Waals surface area contributed by atoms with Crippen molar-refractivity contribution in [3.63, 3.8) is 0 Å². The number of aryl methyl sites for hydroxylation is 1. The molecule has 1 amide bonds. The van der Waals surface area contributed by atoms with Gasteiger partial charge in [0.25, 0.3) is 5.91 Å². The zero-order chi connectivity index (χ0) is 13.8. The van der Waals surface area contributed by atoms with Crippen LogP contribution < -0.4 is 11.1 Å². The Labute approximate surface area is 117 Å². The molecule has 0 aliphatic rings. The molecule has 0 spiro atoms. The van der Waals surface area contributed by atoms with Crippen LogP contribution in [0.3, 0.4) is 0 Å². The first-order valence-corrected chi connectivity index (χ1v) is 6.25. The van der Waals surface area contributed by atoms with Crippen molar-refractivity contribution in [1.82, 2.24) is 0 Å². The van der Waals surface area contributed by atoms with Crippen molar-refractivity contribution in [3.8, 4) is 0 Å². The molecule has 0 heterocycles. The molecule has 3 nitrogen and oxygen atoms in total. The fourth-order valence-corrected chi connectivity index (χ4v) is 1.76. The fraction of sp³-hybridized carbons (Fsp3) is 0.0667. The Hall–Kier alpha value is -2.20. The summed E-state index contributed by atoms with van der Waals surface area (Å²) in [4.78, 5) is 12.3. The van der Waals surface area contributed by atoms with Gasteiger partial charge in [0.1, 0.15) is 4.99 Å². The van der Waals surface area contributed by atoms with Gasteiger partial charge in [0.15, 0.2) is 0 Å². The third-order valence-electron chi connectivity index (χ3n) is 2.74. The highest BCUT2D eigenvalue weighted by atomic mass is 32.1. The summed E-state index contributed by atoms with van der Waals surface area (Å²) in [6, 6.07) is 14.5. The second-order valence-electron chi connectivity index (χ2n) is 4.26. The molecule has 0 bridgehead atoms. The van der Waals surface area contributed by atoms with Gasteiger partial charge in [0, 0.05) is 16.8 Å². The number of rotatable bonds is 3. The van der Waals surface area contributed by atoms with Gasteiger partial charge in [-0.3, -0.25) is 4.79 Å². The van der Waals surface area contributed by atoms with Crippen molar-refractivity contribution >= 4 is 28.8 Å². The summed E-state index contributed by atoms with van der Waals surface area (Å²) >= 11 is 4.87. The Bertz CT molecular complexity index is 603. The third kappa shape index (κ3) is 3.39. The minimum Gasteiger partial charge on any atom is -0.389 e. The highest BCUT2D eigenvalue weighted by Gasteiger charge is 2.06. The Morgan fingerprint density at radius 3 is 2.05 bits per heavy atom. The summed E-state index contributed by atoms with van der Waals surface area (Å²) in [6.07, 6.45) is 0. The molecule has 2 aromatic rings. The van der Waals surface area contributed by atoms with Gasteiger partial charge in [-0.2, -0.15) is 0 Å². The topological polar surface area (TPSA) is 55.1 Å². The SMILES string of the molecule is Cc1ccc(NC(=O)c2ccc(C(N)=S)cc2)cc1. The van der Waals surface area contributed by atoms with E-state index < -0.39 is 0 Å². The van der Waals surface area contributed by atoms with Crippen LogP contribution in [0.5, 0.6) is 0 Å². The normalized spacial score (nSPS) is 9.95. The molecule has 2 aromatic carbocycles. The van der Waals surface area contributed by atoms with Crippen LogP contribution in [0.2, 0.25) is 0 Å². The molecular weight excluding hydrogens is 256 g/mol. The number of amides is 1. The van der Waals surface area contributed by atoms with Crippen LogP contribution in [0.1, 0.15) is 21.5 Å². The quantitative estimate of drug-likeness (QED) is 0.843. The molecule has 0 unspecified atom stereocenters. The van der Waals surface area contributed by atoms with Crippen molar-refractivity contribution in [2.24, 2.45) is 5.73 Å². The van der Waals surface area contributed by atoms with Gasteiger partial charge in [0.05, 0.1) is 0 Å². The van der Waals surface area contributed by atoms with E-state index in [0.717, 1.165) is 16.8 Å². The molecule has 0 aliphatic heterocycles. The Kier molecular flexibility index (Phi) is 3.92. The van der Waals surface area contributed by atoms with E-state index >= 15 is 0 Å². The zero-order valence-corrected chi connectivity index (χ0v) is 11.3. The molecule has 0 radical (unpaired) electrons. The van der Waals surface area contributed by atoms with Gasteiger partial charge in [-0.1, -0.05) is 42.0 Å². The van der Waals surface area contributed by atoms with Crippen LogP contribution in [0.15, 0.2) is 48.5 Å². The molecule has 2 rings (SSSR count). The van der Waals surface area contributed by atoms with Gasteiger partial charge in [-0.15, -0.1) is 0 Å². The average Bonchev–Trinajstić information content (AvgIpc) is 2.41. The number of hydrogen-bond acceptors (Lipinski definition) is 2. The van der Waals surface area contributed by atoms with E-state index in [9.17, 15) is 4.79 Å². The van der Waals surface area contributed by atoms with Crippen molar-refractivity contribution in [2.75, 3.05) is 5.32 Å². The summed E-state index contributed by atoms with van der Waals surface area (Å²) in [5, 5.41) is 2.83. The van der Waals surface area contributed by atoms with Crippen LogP contribution in [0.25, 0.3) is 0 Å². The largest absolute Gasteiger partial charge is 0.389 e. The maximum atomic E-state index is 12.0. The number of carbonyl (C=O) groups is 1. The second kappa shape index (κ2) is 5.63. The lowest BCUT2D eigenvalue weighted by Crippen LogP contribution is -2.13. The van der Waals surface area contributed by atoms with Crippen LogP contribution >= 0.6 is 12.2 Å². The average molecular weight is 270 g/mol. The van der Waals surface area contributed by atoms with E-state index in [0.29, 0.717) is 10.6 Å². The monoisotopic (exact) mass is 270 g/mol. The predicted molar refractivity (Wildman–Crippen MR) is 81.5 cm³/mol. The molecule has 0 aromatic heterocycles. The van der Waals surface area contributed by atoms with E-state index in [4.69, 9.17) is 18.0 Å². The molecule has 19 heavy (non-hydrogen) atoms. The van der Waals surface area contributed by atoms with Gasteiger partial charge in [0.2, 0.25) is 0 Å². The van der Waals surface area contributed by atoms with Gasteiger partial charge in [-0.05, 0) is 31.2 Å². The van der Waals surface area contributed by atoms with E-state index in [-0.39, 0.29) is 5.91 Å². The first-order chi connectivity index (χ1) is 9.06. The van der Waals surface area contributed by atoms with E-state index in [1.54, 1.807) is 24.3 Å². The second-order valence-corrected chi connectivity index (χ2v) is 4.70. The van der Waals surface area contributed by atoms with Crippen molar-refractivity contribution in [2.45, 2.75) is 6.92 Å². The molecule has 96 valence electrons. The lowest BCUT2D eigenvalue weighted by molar-refractivity contribution is 0.102. The Balaban J connectivity index is 2.11. The number of carbonyl (C=O) groups excluding carboxylic acids is 1. The molecule has 0 saturated heterocycles. The number of benzene rings is 2. The molecule has 0 aliphatic carbocycles. The number of hydrogen-bond donors (Lipinski definition) is 2. The fourth-order valence-electron chi connectivity index (χ4n) is 1.63. The van der Waals surface area contributed by atoms with Crippen LogP contribution in [-0.4, -0.2) is 10.9 Å². The first-order valence-electron chi connectivity index (χ1n) is 5.84. The molecule has 0 saturated carbocycles. The van der Waals surface area contributed by atoms with Gasteiger partial charge in [-0.25, -0.2) is 0 Å². The lowest BCUT2D eigenvalue weighted by atomic mass is 10.1. The maximum absolute atomic E-state index is 12.0. The van der Waals surface area contributed by atoms with Crippen LogP contribution in [-0.2, 0) is 0 Å². The summed E-state index contributed by atoms with van der Waals surface area (Å²) in [5.74, 6) is -0.154. The van der Waals surface area contributed by atoms with Crippen LogP contribution in [0, 0.1) is 6.92 Å². The Morgan fingerprint density at radius 1 is 1.00 bits per heavy atom. The number of anilines is 1. The number of thiocarbonyl (C=S) groups is 1. The Morgan fingerprint density at radius 2 is 1.53 bits per heavy atom. The van der Waals surface area contributed by atoms with E-state index in [2.05, 4.69) is 5.32 Å². The van der Waals surface area contributed by atoms with Crippen molar-refractivity contribution < 1.29 is 4.79 Å². The molecule has 0 fully saturated rings. The van der Waals surface area contributed by atoms with E-state index in [1.165, 1.54) is 0 Å². The standard InChI is InChI=1S/C15H14N2OS/c1-10-2-8-13(9-3-10)17-15(18)12-6-4-11(5-7-12)14(16)19/h2-9H,1H3,(H2,16,19)(H,17,18). The van der Waals surface area contributed by atoms with Crippen molar-refractivity contribution in [3.05, 3.63) is 65.2 Å². The number of nitrogens with two attached hydrogens (primary N) is 1. The number of nitrogens with one attached hydrogen (secondary N) is 1. The maximum Gasteiger partial charge on any atom is 0.255 e. The summed E-state index contributed by atoms with van der Waals surface area (Å²) in [7, 11) is 0. The summed E-state index contributed by atoms with van der Waals surface area (Å²) in [6.45, 7) is 2.00. The van der Waals surface area contributed by atoms with E-state index in [1.807, 2.05) is 31.2 Å². The van der Waals surface area contributed by atoms with Gasteiger partial charge < -0.3 is 11.1 Å². The summed E-state index contributed by atoms with van der Waals surface area (Å²) < 4.78 is 0. The highest BCUT2D eigenvalue weighted by Crippen LogP contribution is 2.11. The summed E-state index contributed by atoms with van der Waals surface area (Å²) in [5.41, 5.74) is 8.75. The van der Waals surface area contributed by atoms with Gasteiger partial charge >= 0.3 is 0 Å². The highest BCUT2D eigenvalue weighted by molar-refractivity contribution is 7.80. The smallest absolute Gasteiger partial charge is 0.255 e. The van der Waals surface area contributed by atoms with Crippen LogP contribution in [0.4, 0.5) is 5.69 Å². The molecule has 4 heteroatoms. The molecule has 0 atom stereocenters. The minimum absolute atomic E-state index is 0.154. The molecule has 3 N–H and O–H groups in total. The lowest BCUT2D eigenvalue weighted by Gasteiger charge is -2.06. The first kappa shape index (κ1) is 13.2.